The maximum Gasteiger partial charge on any atom is 0.123 e. The molecule has 106 valence electrons. The Hall–Kier alpha value is -2.26. The SMILES string of the molecule is C[C@H](NCc1cncc2ccccc12)c1cccc(F)c1. The van der Waals surface area contributed by atoms with Crippen LogP contribution in [-0.2, 0) is 6.54 Å². The number of pyridine rings is 1. The molecule has 0 saturated heterocycles. The number of halogens is 1. The first kappa shape index (κ1) is 13.7. The smallest absolute Gasteiger partial charge is 0.123 e. The van der Waals surface area contributed by atoms with Crippen molar-refractivity contribution in [3.05, 3.63) is 77.9 Å². The van der Waals surface area contributed by atoms with Crippen LogP contribution in [0, 0.1) is 5.82 Å². The number of nitrogens with one attached hydrogen (secondary N) is 1. The van der Waals surface area contributed by atoms with Gasteiger partial charge in [-0.05, 0) is 35.6 Å². The van der Waals surface area contributed by atoms with Crippen LogP contribution in [0.5, 0.6) is 0 Å². The Morgan fingerprint density at radius 1 is 1.10 bits per heavy atom. The van der Waals surface area contributed by atoms with Gasteiger partial charge in [0.1, 0.15) is 5.82 Å². The maximum absolute atomic E-state index is 13.3. The minimum atomic E-state index is -0.201. The molecule has 2 aromatic carbocycles. The van der Waals surface area contributed by atoms with Gasteiger partial charge in [0.05, 0.1) is 0 Å². The number of rotatable bonds is 4. The number of benzene rings is 2. The van der Waals surface area contributed by atoms with Crippen molar-refractivity contribution in [2.45, 2.75) is 19.5 Å². The van der Waals surface area contributed by atoms with Gasteiger partial charge in [0.25, 0.3) is 0 Å². The molecule has 0 aliphatic heterocycles. The Kier molecular flexibility index (Phi) is 3.93. The van der Waals surface area contributed by atoms with Crippen molar-refractivity contribution in [3.8, 4) is 0 Å². The quantitative estimate of drug-likeness (QED) is 0.773. The van der Waals surface area contributed by atoms with Gasteiger partial charge in [0, 0.05) is 30.4 Å². The number of aromatic nitrogens is 1. The third-order valence-electron chi connectivity index (χ3n) is 3.70. The third kappa shape index (κ3) is 3.09. The molecular formula is C18H17FN2. The van der Waals surface area contributed by atoms with E-state index in [1.807, 2.05) is 37.5 Å². The molecule has 1 atom stereocenters. The lowest BCUT2D eigenvalue weighted by Crippen LogP contribution is -2.18. The van der Waals surface area contributed by atoms with E-state index in [0.717, 1.165) is 16.5 Å². The van der Waals surface area contributed by atoms with Gasteiger partial charge in [0.15, 0.2) is 0 Å². The molecule has 0 fully saturated rings. The molecule has 3 aromatic rings. The lowest BCUT2D eigenvalue weighted by Gasteiger charge is -2.15. The van der Waals surface area contributed by atoms with Gasteiger partial charge in [-0.25, -0.2) is 4.39 Å². The Balaban J connectivity index is 1.77. The van der Waals surface area contributed by atoms with E-state index in [1.165, 1.54) is 11.5 Å². The summed E-state index contributed by atoms with van der Waals surface area (Å²) < 4.78 is 13.3. The standard InChI is InChI=1S/C18H17FN2/c1-13(14-6-4-7-17(19)9-14)21-12-16-11-20-10-15-5-2-3-8-18(15)16/h2-11,13,21H,12H2,1H3/t13-/m0/s1. The lowest BCUT2D eigenvalue weighted by molar-refractivity contribution is 0.566. The van der Waals surface area contributed by atoms with Crippen LogP contribution in [0.15, 0.2) is 60.9 Å². The Morgan fingerprint density at radius 3 is 2.81 bits per heavy atom. The monoisotopic (exact) mass is 280 g/mol. The van der Waals surface area contributed by atoms with Crippen molar-refractivity contribution in [2.24, 2.45) is 0 Å². The fourth-order valence-corrected chi connectivity index (χ4v) is 2.48. The van der Waals surface area contributed by atoms with Crippen LogP contribution >= 0.6 is 0 Å². The predicted molar refractivity (Wildman–Crippen MR) is 83.4 cm³/mol. The van der Waals surface area contributed by atoms with Crippen LogP contribution in [0.25, 0.3) is 10.8 Å². The average molecular weight is 280 g/mol. The van der Waals surface area contributed by atoms with Crippen molar-refractivity contribution in [1.82, 2.24) is 10.3 Å². The summed E-state index contributed by atoms with van der Waals surface area (Å²) in [5.41, 5.74) is 2.10. The summed E-state index contributed by atoms with van der Waals surface area (Å²) in [6, 6.07) is 15.0. The molecule has 0 bridgehead atoms. The molecule has 0 spiro atoms. The minimum Gasteiger partial charge on any atom is -0.306 e. The molecule has 0 amide bonds. The van der Waals surface area contributed by atoms with Crippen LogP contribution in [-0.4, -0.2) is 4.98 Å². The largest absolute Gasteiger partial charge is 0.306 e. The molecule has 2 nitrogen and oxygen atoms in total. The lowest BCUT2D eigenvalue weighted by atomic mass is 10.1. The summed E-state index contributed by atoms with van der Waals surface area (Å²) in [6.07, 6.45) is 3.75. The van der Waals surface area contributed by atoms with E-state index in [1.54, 1.807) is 12.1 Å². The van der Waals surface area contributed by atoms with Crippen molar-refractivity contribution in [3.63, 3.8) is 0 Å². The summed E-state index contributed by atoms with van der Waals surface area (Å²) in [7, 11) is 0. The van der Waals surface area contributed by atoms with Crippen LogP contribution < -0.4 is 5.32 Å². The molecule has 0 radical (unpaired) electrons. The van der Waals surface area contributed by atoms with E-state index in [-0.39, 0.29) is 11.9 Å². The summed E-state index contributed by atoms with van der Waals surface area (Å²) in [4.78, 5) is 4.28. The molecule has 1 heterocycles. The molecule has 1 aromatic heterocycles. The predicted octanol–water partition coefficient (Wildman–Crippen LogP) is 4.22. The fourth-order valence-electron chi connectivity index (χ4n) is 2.48. The highest BCUT2D eigenvalue weighted by Gasteiger charge is 2.07. The molecule has 0 unspecified atom stereocenters. The second-order valence-electron chi connectivity index (χ2n) is 5.18. The third-order valence-corrected chi connectivity index (χ3v) is 3.70. The first-order valence-electron chi connectivity index (χ1n) is 7.04. The maximum atomic E-state index is 13.3. The van der Waals surface area contributed by atoms with Gasteiger partial charge >= 0.3 is 0 Å². The van der Waals surface area contributed by atoms with E-state index < -0.39 is 0 Å². The number of hydrogen-bond acceptors (Lipinski definition) is 2. The summed E-state index contributed by atoms with van der Waals surface area (Å²) in [5, 5.41) is 5.76. The fraction of sp³-hybridized carbons (Fsp3) is 0.167. The van der Waals surface area contributed by atoms with Gasteiger partial charge in [-0.1, -0.05) is 36.4 Å². The van der Waals surface area contributed by atoms with Gasteiger partial charge in [-0.15, -0.1) is 0 Å². The van der Waals surface area contributed by atoms with Gasteiger partial charge in [-0.3, -0.25) is 4.98 Å². The van der Waals surface area contributed by atoms with Crippen molar-refractivity contribution < 1.29 is 4.39 Å². The van der Waals surface area contributed by atoms with Crippen molar-refractivity contribution in [2.75, 3.05) is 0 Å². The van der Waals surface area contributed by atoms with Gasteiger partial charge in [-0.2, -0.15) is 0 Å². The van der Waals surface area contributed by atoms with E-state index in [4.69, 9.17) is 0 Å². The Bertz CT molecular complexity index is 750. The zero-order valence-electron chi connectivity index (χ0n) is 11.9. The Morgan fingerprint density at radius 2 is 1.95 bits per heavy atom. The molecule has 3 heteroatoms. The van der Waals surface area contributed by atoms with Crippen LogP contribution in [0.3, 0.4) is 0 Å². The zero-order valence-corrected chi connectivity index (χ0v) is 11.9. The van der Waals surface area contributed by atoms with Crippen molar-refractivity contribution in [1.29, 1.82) is 0 Å². The number of nitrogens with zero attached hydrogens (tertiary/aromatic N) is 1. The van der Waals surface area contributed by atoms with Gasteiger partial charge in [0.2, 0.25) is 0 Å². The molecule has 0 aliphatic carbocycles. The van der Waals surface area contributed by atoms with E-state index in [9.17, 15) is 4.39 Å². The molecule has 21 heavy (non-hydrogen) atoms. The second-order valence-corrected chi connectivity index (χ2v) is 5.18. The van der Waals surface area contributed by atoms with E-state index in [0.29, 0.717) is 6.54 Å². The minimum absolute atomic E-state index is 0.0830. The average Bonchev–Trinajstić information content (AvgIpc) is 2.52. The van der Waals surface area contributed by atoms with Crippen molar-refractivity contribution >= 4 is 10.8 Å². The first-order valence-corrected chi connectivity index (χ1v) is 7.04. The first-order chi connectivity index (χ1) is 10.2. The highest BCUT2D eigenvalue weighted by Crippen LogP contribution is 2.19. The zero-order chi connectivity index (χ0) is 14.7. The summed E-state index contributed by atoms with van der Waals surface area (Å²) in [6.45, 7) is 2.74. The normalized spacial score (nSPS) is 12.5. The summed E-state index contributed by atoms with van der Waals surface area (Å²) >= 11 is 0. The van der Waals surface area contributed by atoms with Crippen LogP contribution in [0.4, 0.5) is 4.39 Å². The molecule has 3 rings (SSSR count). The van der Waals surface area contributed by atoms with Crippen LogP contribution in [0.1, 0.15) is 24.1 Å². The highest BCUT2D eigenvalue weighted by molar-refractivity contribution is 5.84. The van der Waals surface area contributed by atoms with E-state index in [2.05, 4.69) is 22.4 Å². The number of fused-ring (bicyclic) bond motifs is 1. The molecule has 1 N–H and O–H groups in total. The summed E-state index contributed by atoms with van der Waals surface area (Å²) in [5.74, 6) is -0.201. The van der Waals surface area contributed by atoms with Crippen LogP contribution in [0.2, 0.25) is 0 Å². The van der Waals surface area contributed by atoms with E-state index >= 15 is 0 Å². The molecular weight excluding hydrogens is 263 g/mol. The highest BCUT2D eigenvalue weighted by atomic mass is 19.1. The molecule has 0 aliphatic rings. The second kappa shape index (κ2) is 6.02. The Labute approximate surface area is 123 Å². The van der Waals surface area contributed by atoms with Gasteiger partial charge < -0.3 is 5.32 Å². The topological polar surface area (TPSA) is 24.9 Å². The molecule has 0 saturated carbocycles. The number of hydrogen-bond donors (Lipinski definition) is 1.